The van der Waals surface area contributed by atoms with Crippen molar-refractivity contribution in [2.45, 2.75) is 46.3 Å². The summed E-state index contributed by atoms with van der Waals surface area (Å²) in [6, 6.07) is 7.10. The molecule has 1 amide bonds. The second-order valence-electron chi connectivity index (χ2n) is 7.50. The van der Waals surface area contributed by atoms with Crippen molar-refractivity contribution in [3.05, 3.63) is 52.3 Å². The van der Waals surface area contributed by atoms with Gasteiger partial charge >= 0.3 is 5.97 Å². The highest BCUT2D eigenvalue weighted by atomic mass is 16.5. The predicted molar refractivity (Wildman–Crippen MR) is 113 cm³/mol. The Morgan fingerprint density at radius 3 is 2.57 bits per heavy atom. The molecule has 7 heteroatoms. The Morgan fingerprint density at radius 1 is 1.23 bits per heavy atom. The van der Waals surface area contributed by atoms with Crippen LogP contribution in [0.25, 0.3) is 0 Å². The number of carbonyl (C=O) groups is 2. The Bertz CT molecular complexity index is 882. The molecular weight excluding hydrogens is 384 g/mol. The molecule has 0 bridgehead atoms. The standard InChI is InChI=1S/C23H30N2O5/c1-5-29-23(27)21-15(2)20(16(3)24-21)14-25(13-19-7-6-12-30-19)22(26)17-8-10-18(28-4)11-9-17/h8-11,19,24H,5-7,12-14H2,1-4H3/t19-/m1/s1. The fourth-order valence-corrected chi connectivity index (χ4v) is 3.79. The van der Waals surface area contributed by atoms with Crippen molar-refractivity contribution in [2.24, 2.45) is 0 Å². The molecule has 2 heterocycles. The van der Waals surface area contributed by atoms with Crippen LogP contribution in [-0.2, 0) is 16.0 Å². The minimum Gasteiger partial charge on any atom is -0.497 e. The lowest BCUT2D eigenvalue weighted by atomic mass is 10.1. The number of amides is 1. The van der Waals surface area contributed by atoms with E-state index < -0.39 is 0 Å². The Kier molecular flexibility index (Phi) is 7.15. The number of rotatable bonds is 8. The molecule has 0 aliphatic carbocycles. The van der Waals surface area contributed by atoms with Crippen LogP contribution in [0, 0.1) is 13.8 Å². The first kappa shape index (κ1) is 21.9. The third-order valence-corrected chi connectivity index (χ3v) is 5.49. The van der Waals surface area contributed by atoms with Crippen LogP contribution in [0.15, 0.2) is 24.3 Å². The first-order valence-electron chi connectivity index (χ1n) is 10.3. The van der Waals surface area contributed by atoms with E-state index >= 15 is 0 Å². The fraction of sp³-hybridized carbons (Fsp3) is 0.478. The number of H-pyrrole nitrogens is 1. The number of aryl methyl sites for hydroxylation is 1. The van der Waals surface area contributed by atoms with Crippen molar-refractivity contribution in [3.63, 3.8) is 0 Å². The minimum absolute atomic E-state index is 0.0243. The normalized spacial score (nSPS) is 15.8. The number of benzene rings is 1. The van der Waals surface area contributed by atoms with E-state index in [1.807, 2.05) is 13.8 Å². The van der Waals surface area contributed by atoms with Gasteiger partial charge in [-0.05, 0) is 69.0 Å². The summed E-state index contributed by atoms with van der Waals surface area (Å²) in [5.41, 5.74) is 3.63. The molecule has 30 heavy (non-hydrogen) atoms. The van der Waals surface area contributed by atoms with Crippen molar-refractivity contribution >= 4 is 11.9 Å². The third kappa shape index (κ3) is 4.84. The molecule has 1 aromatic carbocycles. The zero-order chi connectivity index (χ0) is 21.7. The first-order valence-corrected chi connectivity index (χ1v) is 10.3. The van der Waals surface area contributed by atoms with E-state index in [1.54, 1.807) is 43.2 Å². The molecule has 0 spiro atoms. The van der Waals surface area contributed by atoms with Crippen LogP contribution in [0.5, 0.6) is 5.75 Å². The van der Waals surface area contributed by atoms with Gasteiger partial charge in [-0.25, -0.2) is 4.79 Å². The molecule has 1 N–H and O–H groups in total. The van der Waals surface area contributed by atoms with E-state index in [0.29, 0.717) is 36.7 Å². The monoisotopic (exact) mass is 414 g/mol. The average molecular weight is 415 g/mol. The predicted octanol–water partition coefficient (Wildman–Crippen LogP) is 3.64. The van der Waals surface area contributed by atoms with E-state index in [2.05, 4.69) is 4.98 Å². The molecule has 7 nitrogen and oxygen atoms in total. The van der Waals surface area contributed by atoms with Crippen LogP contribution in [0.4, 0.5) is 0 Å². The molecule has 2 aromatic rings. The Hall–Kier alpha value is -2.80. The SMILES string of the molecule is CCOC(=O)c1[nH]c(C)c(CN(C[C@H]2CCCO2)C(=O)c2ccc(OC)cc2)c1C. The zero-order valence-corrected chi connectivity index (χ0v) is 18.1. The van der Waals surface area contributed by atoms with Gasteiger partial charge in [0.05, 0.1) is 19.8 Å². The summed E-state index contributed by atoms with van der Waals surface area (Å²) in [5.74, 6) is 0.246. The number of hydrogen-bond acceptors (Lipinski definition) is 5. The van der Waals surface area contributed by atoms with E-state index in [4.69, 9.17) is 14.2 Å². The topological polar surface area (TPSA) is 80.9 Å². The van der Waals surface area contributed by atoms with Crippen LogP contribution in [0.1, 0.15) is 57.4 Å². The van der Waals surface area contributed by atoms with Gasteiger partial charge in [-0.2, -0.15) is 0 Å². The second kappa shape index (κ2) is 9.80. The van der Waals surface area contributed by atoms with Crippen LogP contribution in [0.3, 0.4) is 0 Å². The van der Waals surface area contributed by atoms with Crippen LogP contribution in [-0.4, -0.2) is 54.7 Å². The van der Waals surface area contributed by atoms with E-state index in [1.165, 1.54) is 0 Å². The molecule has 1 saturated heterocycles. The molecule has 1 aromatic heterocycles. The molecule has 0 saturated carbocycles. The quantitative estimate of drug-likeness (QED) is 0.667. The molecule has 0 radical (unpaired) electrons. The fourth-order valence-electron chi connectivity index (χ4n) is 3.79. The molecule has 1 aliphatic heterocycles. The Balaban J connectivity index is 1.87. The maximum Gasteiger partial charge on any atom is 0.355 e. The highest BCUT2D eigenvalue weighted by Gasteiger charge is 2.26. The number of aromatic amines is 1. The third-order valence-electron chi connectivity index (χ3n) is 5.49. The molecule has 3 rings (SSSR count). The van der Waals surface area contributed by atoms with E-state index in [0.717, 1.165) is 36.3 Å². The highest BCUT2D eigenvalue weighted by Crippen LogP contribution is 2.24. The van der Waals surface area contributed by atoms with Gasteiger partial charge in [0.15, 0.2) is 0 Å². The molecule has 1 fully saturated rings. The smallest absolute Gasteiger partial charge is 0.355 e. The maximum atomic E-state index is 13.3. The van der Waals surface area contributed by atoms with Gasteiger partial charge in [0.25, 0.3) is 5.91 Å². The first-order chi connectivity index (χ1) is 14.4. The van der Waals surface area contributed by atoms with Crippen molar-refractivity contribution in [1.29, 1.82) is 0 Å². The number of hydrogen-bond donors (Lipinski definition) is 1. The van der Waals surface area contributed by atoms with Gasteiger partial charge in [0.1, 0.15) is 11.4 Å². The minimum atomic E-state index is -0.378. The lowest BCUT2D eigenvalue weighted by Crippen LogP contribution is -2.37. The van der Waals surface area contributed by atoms with Gasteiger partial charge in [-0.15, -0.1) is 0 Å². The highest BCUT2D eigenvalue weighted by molar-refractivity contribution is 5.94. The van der Waals surface area contributed by atoms with Gasteiger partial charge in [0.2, 0.25) is 0 Å². The number of aromatic nitrogens is 1. The van der Waals surface area contributed by atoms with Crippen LogP contribution in [0.2, 0.25) is 0 Å². The second-order valence-corrected chi connectivity index (χ2v) is 7.50. The van der Waals surface area contributed by atoms with Gasteiger partial charge in [-0.1, -0.05) is 0 Å². The number of nitrogens with zero attached hydrogens (tertiary/aromatic N) is 1. The van der Waals surface area contributed by atoms with Crippen molar-refractivity contribution < 1.29 is 23.8 Å². The Morgan fingerprint density at radius 2 is 1.97 bits per heavy atom. The van der Waals surface area contributed by atoms with E-state index in [-0.39, 0.29) is 18.0 Å². The maximum absolute atomic E-state index is 13.3. The number of methoxy groups -OCH3 is 1. The summed E-state index contributed by atoms with van der Waals surface area (Å²) in [6.07, 6.45) is 1.96. The van der Waals surface area contributed by atoms with Gasteiger partial charge < -0.3 is 24.1 Å². The summed E-state index contributed by atoms with van der Waals surface area (Å²) in [6.45, 7) is 7.50. The number of nitrogens with one attached hydrogen (secondary N) is 1. The summed E-state index contributed by atoms with van der Waals surface area (Å²) >= 11 is 0. The van der Waals surface area contributed by atoms with Crippen LogP contribution >= 0.6 is 0 Å². The summed E-state index contributed by atoms with van der Waals surface area (Å²) in [5, 5.41) is 0. The van der Waals surface area contributed by atoms with Gasteiger partial charge in [-0.3, -0.25) is 4.79 Å². The Labute approximate surface area is 177 Å². The van der Waals surface area contributed by atoms with E-state index in [9.17, 15) is 9.59 Å². The molecule has 1 aliphatic rings. The lowest BCUT2D eigenvalue weighted by molar-refractivity contribution is 0.0506. The summed E-state index contributed by atoms with van der Waals surface area (Å²) in [7, 11) is 1.60. The number of carbonyl (C=O) groups excluding carboxylic acids is 2. The van der Waals surface area contributed by atoms with Gasteiger partial charge in [0, 0.05) is 31.0 Å². The summed E-state index contributed by atoms with van der Waals surface area (Å²) in [4.78, 5) is 30.5. The van der Waals surface area contributed by atoms with Crippen molar-refractivity contribution in [1.82, 2.24) is 9.88 Å². The average Bonchev–Trinajstić information content (AvgIpc) is 3.36. The molecule has 1 atom stereocenters. The van der Waals surface area contributed by atoms with Crippen molar-refractivity contribution in [2.75, 3.05) is 26.9 Å². The van der Waals surface area contributed by atoms with Crippen LogP contribution < -0.4 is 4.74 Å². The largest absolute Gasteiger partial charge is 0.497 e. The summed E-state index contributed by atoms with van der Waals surface area (Å²) < 4.78 is 16.1. The van der Waals surface area contributed by atoms with Crippen molar-refractivity contribution in [3.8, 4) is 5.75 Å². The molecular formula is C23H30N2O5. The zero-order valence-electron chi connectivity index (χ0n) is 18.1. The number of esters is 1. The molecule has 0 unspecified atom stereocenters. The number of ether oxygens (including phenoxy) is 3. The lowest BCUT2D eigenvalue weighted by Gasteiger charge is -2.26. The molecule has 162 valence electrons.